The summed E-state index contributed by atoms with van der Waals surface area (Å²) < 4.78 is 64.7. The number of hydrogen-bond acceptors (Lipinski definition) is 8. The summed E-state index contributed by atoms with van der Waals surface area (Å²) >= 11 is 0. The molecule has 0 saturated heterocycles. The molecule has 32 heavy (non-hydrogen) atoms. The van der Waals surface area contributed by atoms with Crippen LogP contribution in [0.5, 0.6) is 5.75 Å². The molecule has 0 aliphatic rings. The zero-order valence-electron chi connectivity index (χ0n) is 16.4. The smallest absolute Gasteiger partial charge is 0.295 e. The third kappa shape index (κ3) is 4.81. The van der Waals surface area contributed by atoms with Gasteiger partial charge in [0.1, 0.15) is 16.1 Å². The fourth-order valence-electron chi connectivity index (χ4n) is 3.02. The fourth-order valence-corrected chi connectivity index (χ4v) is 4.24. The number of phenols is 1. The number of benzene rings is 3. The molecule has 4 rings (SSSR count). The van der Waals surface area contributed by atoms with Gasteiger partial charge in [-0.1, -0.05) is 12.1 Å². The summed E-state index contributed by atoms with van der Waals surface area (Å²) in [5, 5.41) is 19.5. The maximum absolute atomic E-state index is 11.7. The summed E-state index contributed by atoms with van der Waals surface area (Å²) in [6.07, 6.45) is 1.35. The Bertz CT molecular complexity index is 1600. The predicted molar refractivity (Wildman–Crippen MR) is 117 cm³/mol. The van der Waals surface area contributed by atoms with E-state index in [2.05, 4.69) is 15.2 Å². The zero-order chi connectivity index (χ0) is 22.4. The SMILES string of the molecule is O=S(=O)(O)c1ccc2cc(N=Nc3cc(S(=O)(=O)O)c4cccnc4c3O)ccc2c1.[Na]. The van der Waals surface area contributed by atoms with Gasteiger partial charge in [0.25, 0.3) is 20.2 Å². The number of rotatable bonds is 4. The van der Waals surface area contributed by atoms with Crippen LogP contribution in [0, 0.1) is 0 Å². The number of nitrogens with zero attached hydrogens (tertiary/aromatic N) is 3. The van der Waals surface area contributed by atoms with Crippen LogP contribution < -0.4 is 0 Å². The van der Waals surface area contributed by atoms with E-state index in [1.165, 1.54) is 42.6 Å². The van der Waals surface area contributed by atoms with Gasteiger partial charge in [-0.05, 0) is 53.2 Å². The van der Waals surface area contributed by atoms with E-state index >= 15 is 0 Å². The number of aromatic nitrogens is 1. The summed E-state index contributed by atoms with van der Waals surface area (Å²) in [5.74, 6) is -0.412. The molecule has 159 valence electrons. The average molecular weight is 482 g/mol. The molecule has 13 heteroatoms. The largest absolute Gasteiger partial charge is 0.504 e. The van der Waals surface area contributed by atoms with Crippen LogP contribution in [0.2, 0.25) is 0 Å². The van der Waals surface area contributed by atoms with E-state index < -0.39 is 30.9 Å². The van der Waals surface area contributed by atoms with E-state index in [0.717, 1.165) is 6.07 Å². The number of phenolic OH excluding ortho intramolecular Hbond substituents is 1. The summed E-state index contributed by atoms with van der Waals surface area (Å²) in [4.78, 5) is 3.22. The van der Waals surface area contributed by atoms with Gasteiger partial charge in [0.05, 0.1) is 10.6 Å². The molecular formula is C19H13N3NaO7S2. The maximum Gasteiger partial charge on any atom is 0.295 e. The second kappa shape index (κ2) is 8.83. The van der Waals surface area contributed by atoms with Crippen LogP contribution in [0.15, 0.2) is 80.8 Å². The first-order valence-electron chi connectivity index (χ1n) is 8.55. The summed E-state index contributed by atoms with van der Waals surface area (Å²) in [7, 11) is -8.95. The fraction of sp³-hybridized carbons (Fsp3) is 0. The van der Waals surface area contributed by atoms with Crippen molar-refractivity contribution in [2.75, 3.05) is 0 Å². The minimum atomic E-state index is -4.62. The predicted octanol–water partition coefficient (Wildman–Crippen LogP) is 3.62. The number of pyridine rings is 1. The quantitative estimate of drug-likeness (QED) is 0.225. The summed E-state index contributed by atoms with van der Waals surface area (Å²) in [6, 6.07) is 12.5. The Morgan fingerprint density at radius 2 is 1.50 bits per heavy atom. The minimum absolute atomic E-state index is 0. The molecule has 0 aliphatic heterocycles. The van der Waals surface area contributed by atoms with Crippen molar-refractivity contribution in [3.05, 3.63) is 60.8 Å². The van der Waals surface area contributed by atoms with Crippen LogP contribution in [-0.4, -0.2) is 65.6 Å². The molecule has 1 radical (unpaired) electrons. The van der Waals surface area contributed by atoms with Gasteiger partial charge in [-0.2, -0.15) is 21.9 Å². The van der Waals surface area contributed by atoms with Crippen molar-refractivity contribution in [2.24, 2.45) is 10.2 Å². The van der Waals surface area contributed by atoms with Crippen LogP contribution in [0.3, 0.4) is 0 Å². The van der Waals surface area contributed by atoms with Gasteiger partial charge < -0.3 is 5.11 Å². The number of azo groups is 1. The Balaban J connectivity index is 0.00000289. The topological polar surface area (TPSA) is 167 Å². The van der Waals surface area contributed by atoms with Crippen molar-refractivity contribution >= 4 is 82.8 Å². The first-order valence-corrected chi connectivity index (χ1v) is 11.4. The summed E-state index contributed by atoms with van der Waals surface area (Å²) in [5.41, 5.74) is 0.0319. The first-order chi connectivity index (χ1) is 14.5. The monoisotopic (exact) mass is 482 g/mol. The maximum atomic E-state index is 11.7. The molecule has 0 aliphatic carbocycles. The van der Waals surface area contributed by atoms with E-state index in [-0.39, 0.29) is 51.0 Å². The standard InChI is InChI=1S/C19H13N3O7S2.Na/c23-19-16(10-17(31(27,28)29)15-2-1-7-20-18(15)19)22-21-13-5-3-12-9-14(30(24,25)26)6-4-11(12)8-13;/h1-10,23H,(H,24,25,26)(H,27,28,29);. The van der Waals surface area contributed by atoms with E-state index in [1.54, 1.807) is 12.1 Å². The van der Waals surface area contributed by atoms with Crippen molar-refractivity contribution < 1.29 is 31.0 Å². The Labute approximate surface area is 204 Å². The van der Waals surface area contributed by atoms with Gasteiger partial charge in [-0.15, -0.1) is 5.11 Å². The van der Waals surface area contributed by atoms with Gasteiger partial charge in [-0.3, -0.25) is 14.1 Å². The van der Waals surface area contributed by atoms with Crippen molar-refractivity contribution in [1.82, 2.24) is 4.98 Å². The van der Waals surface area contributed by atoms with E-state index in [1.807, 2.05) is 0 Å². The molecule has 0 amide bonds. The first kappa shape index (κ1) is 24.2. The van der Waals surface area contributed by atoms with Crippen molar-refractivity contribution in [3.63, 3.8) is 0 Å². The number of fused-ring (bicyclic) bond motifs is 2. The minimum Gasteiger partial charge on any atom is -0.504 e. The van der Waals surface area contributed by atoms with Gasteiger partial charge in [0.15, 0.2) is 5.75 Å². The third-order valence-corrected chi connectivity index (χ3v) is 6.20. The van der Waals surface area contributed by atoms with E-state index in [4.69, 9.17) is 4.55 Å². The van der Waals surface area contributed by atoms with Crippen molar-refractivity contribution in [1.29, 1.82) is 0 Å². The zero-order valence-corrected chi connectivity index (χ0v) is 20.0. The van der Waals surface area contributed by atoms with E-state index in [0.29, 0.717) is 16.5 Å². The number of hydrogen-bond donors (Lipinski definition) is 3. The molecular weight excluding hydrogens is 469 g/mol. The van der Waals surface area contributed by atoms with Crippen molar-refractivity contribution in [2.45, 2.75) is 9.79 Å². The molecule has 0 bridgehead atoms. The second-order valence-electron chi connectivity index (χ2n) is 6.49. The molecule has 1 aromatic heterocycles. The molecule has 3 aromatic carbocycles. The molecule has 0 fully saturated rings. The van der Waals surface area contributed by atoms with Crippen LogP contribution in [0.25, 0.3) is 21.7 Å². The summed E-state index contributed by atoms with van der Waals surface area (Å²) in [6.45, 7) is 0. The molecule has 0 spiro atoms. The Kier molecular flexibility index (Phi) is 6.67. The van der Waals surface area contributed by atoms with Gasteiger partial charge in [0.2, 0.25) is 0 Å². The molecule has 10 nitrogen and oxygen atoms in total. The molecule has 3 N–H and O–H groups in total. The molecule has 0 saturated carbocycles. The van der Waals surface area contributed by atoms with Gasteiger partial charge >= 0.3 is 0 Å². The Hall–Kier alpha value is -2.45. The van der Waals surface area contributed by atoms with Crippen LogP contribution in [-0.2, 0) is 20.2 Å². The van der Waals surface area contributed by atoms with Gasteiger partial charge in [-0.25, -0.2) is 0 Å². The normalized spacial score (nSPS) is 12.3. The van der Waals surface area contributed by atoms with Crippen LogP contribution >= 0.6 is 0 Å². The van der Waals surface area contributed by atoms with Crippen molar-refractivity contribution in [3.8, 4) is 5.75 Å². The second-order valence-corrected chi connectivity index (χ2v) is 9.30. The van der Waals surface area contributed by atoms with E-state index in [9.17, 15) is 26.5 Å². The molecule has 0 atom stereocenters. The Morgan fingerprint density at radius 1 is 0.812 bits per heavy atom. The van der Waals surface area contributed by atoms with Crippen LogP contribution in [0.4, 0.5) is 11.4 Å². The third-order valence-electron chi connectivity index (χ3n) is 4.45. The molecule has 4 aromatic rings. The average Bonchev–Trinajstić information content (AvgIpc) is 2.71. The van der Waals surface area contributed by atoms with Gasteiger partial charge in [0, 0.05) is 41.1 Å². The molecule has 1 heterocycles. The Morgan fingerprint density at radius 3 is 2.19 bits per heavy atom. The number of aromatic hydroxyl groups is 1. The van der Waals surface area contributed by atoms with Crippen LogP contribution in [0.1, 0.15) is 0 Å². The molecule has 0 unspecified atom stereocenters.